The molecule has 0 bridgehead atoms. The Balaban J connectivity index is 2.08. The molecule has 23 heavy (non-hydrogen) atoms. The zero-order valence-corrected chi connectivity index (χ0v) is 14.4. The average Bonchev–Trinajstić information content (AvgIpc) is 2.81. The summed E-state index contributed by atoms with van der Waals surface area (Å²) in [5, 5.41) is 3.34. The van der Waals surface area contributed by atoms with Crippen LogP contribution in [0, 0.1) is 5.92 Å². The standard InChI is InChI=1S/C17H22N2O3S/c1-11(2)14(16(21)22-3)19-15(20)13(18-17(19)23)10-9-12-7-5-4-6-8-12/h4-8,11,13-14H,9-10H2,1-3H3,(H,18,23)/t13-,14?/m0/s1. The molecule has 1 saturated heterocycles. The van der Waals surface area contributed by atoms with Crippen LogP contribution in [0.1, 0.15) is 25.8 Å². The molecule has 0 aliphatic carbocycles. The summed E-state index contributed by atoms with van der Waals surface area (Å²) in [4.78, 5) is 26.1. The minimum Gasteiger partial charge on any atom is -0.467 e. The summed E-state index contributed by atoms with van der Waals surface area (Å²) < 4.78 is 4.83. The highest BCUT2D eigenvalue weighted by Gasteiger charge is 2.43. The zero-order chi connectivity index (χ0) is 17.0. The maximum Gasteiger partial charge on any atom is 0.329 e. The van der Waals surface area contributed by atoms with Crippen molar-refractivity contribution in [3.63, 3.8) is 0 Å². The van der Waals surface area contributed by atoms with Gasteiger partial charge in [0.25, 0.3) is 5.91 Å². The monoisotopic (exact) mass is 334 g/mol. The fourth-order valence-electron chi connectivity index (χ4n) is 2.76. The quantitative estimate of drug-likeness (QED) is 0.636. The Morgan fingerprint density at radius 2 is 2.00 bits per heavy atom. The van der Waals surface area contributed by atoms with Crippen LogP contribution in [0.3, 0.4) is 0 Å². The number of esters is 1. The van der Waals surface area contributed by atoms with Gasteiger partial charge in [0.15, 0.2) is 5.11 Å². The molecular weight excluding hydrogens is 312 g/mol. The molecule has 0 aromatic heterocycles. The number of nitrogens with one attached hydrogen (secondary N) is 1. The lowest BCUT2D eigenvalue weighted by Crippen LogP contribution is -2.49. The van der Waals surface area contributed by atoms with E-state index in [1.165, 1.54) is 17.6 Å². The first kappa shape index (κ1) is 17.4. The molecule has 1 amide bonds. The van der Waals surface area contributed by atoms with E-state index in [9.17, 15) is 9.59 Å². The van der Waals surface area contributed by atoms with Crippen molar-refractivity contribution in [3.8, 4) is 0 Å². The van der Waals surface area contributed by atoms with Gasteiger partial charge in [0.05, 0.1) is 7.11 Å². The van der Waals surface area contributed by atoms with Crippen LogP contribution in [0.25, 0.3) is 0 Å². The molecule has 1 aromatic carbocycles. The number of carbonyl (C=O) groups excluding carboxylic acids is 2. The lowest BCUT2D eigenvalue weighted by atomic mass is 10.0. The minimum atomic E-state index is -0.686. The molecule has 5 nitrogen and oxygen atoms in total. The number of hydrogen-bond donors (Lipinski definition) is 1. The molecule has 124 valence electrons. The Bertz CT molecular complexity index is 589. The van der Waals surface area contributed by atoms with Crippen molar-refractivity contribution in [3.05, 3.63) is 35.9 Å². The van der Waals surface area contributed by atoms with Gasteiger partial charge < -0.3 is 10.1 Å². The predicted molar refractivity (Wildman–Crippen MR) is 91.8 cm³/mol. The number of benzene rings is 1. The van der Waals surface area contributed by atoms with Crippen molar-refractivity contribution in [2.75, 3.05) is 7.11 Å². The summed E-state index contributed by atoms with van der Waals surface area (Å²) in [6.45, 7) is 3.74. The van der Waals surface area contributed by atoms with Gasteiger partial charge in [-0.05, 0) is 36.5 Å². The van der Waals surface area contributed by atoms with Crippen LogP contribution in [0.4, 0.5) is 0 Å². The fraction of sp³-hybridized carbons (Fsp3) is 0.471. The Morgan fingerprint density at radius 3 is 2.57 bits per heavy atom. The Hall–Kier alpha value is -1.95. The number of nitrogens with zero attached hydrogens (tertiary/aromatic N) is 1. The van der Waals surface area contributed by atoms with E-state index in [0.717, 1.165) is 6.42 Å². The molecule has 2 rings (SSSR count). The van der Waals surface area contributed by atoms with E-state index in [-0.39, 0.29) is 11.8 Å². The van der Waals surface area contributed by atoms with Crippen molar-refractivity contribution in [2.24, 2.45) is 5.92 Å². The van der Waals surface area contributed by atoms with Crippen LogP contribution in [0.5, 0.6) is 0 Å². The molecule has 0 spiro atoms. The summed E-state index contributed by atoms with van der Waals surface area (Å²) in [5.41, 5.74) is 1.17. The normalized spacial score (nSPS) is 19.0. The third kappa shape index (κ3) is 3.88. The maximum atomic E-state index is 12.7. The summed E-state index contributed by atoms with van der Waals surface area (Å²) >= 11 is 5.27. The van der Waals surface area contributed by atoms with Gasteiger partial charge in [-0.15, -0.1) is 0 Å². The van der Waals surface area contributed by atoms with E-state index >= 15 is 0 Å². The van der Waals surface area contributed by atoms with Crippen molar-refractivity contribution >= 4 is 29.2 Å². The molecule has 1 heterocycles. The molecule has 1 aliphatic rings. The number of rotatable bonds is 6. The van der Waals surface area contributed by atoms with Crippen LogP contribution in [0.15, 0.2) is 30.3 Å². The van der Waals surface area contributed by atoms with E-state index in [2.05, 4.69) is 5.32 Å². The molecular formula is C17H22N2O3S. The van der Waals surface area contributed by atoms with Crippen LogP contribution in [0.2, 0.25) is 0 Å². The lowest BCUT2D eigenvalue weighted by molar-refractivity contribution is -0.150. The molecule has 6 heteroatoms. The number of carbonyl (C=O) groups is 2. The number of thiocarbonyl (C=S) groups is 1. The minimum absolute atomic E-state index is 0.0842. The maximum absolute atomic E-state index is 12.7. The Labute approximate surface area is 142 Å². The van der Waals surface area contributed by atoms with Crippen LogP contribution >= 0.6 is 12.2 Å². The third-order valence-corrected chi connectivity index (χ3v) is 4.28. The Morgan fingerprint density at radius 1 is 1.35 bits per heavy atom. The van der Waals surface area contributed by atoms with Gasteiger partial charge in [-0.1, -0.05) is 44.2 Å². The smallest absolute Gasteiger partial charge is 0.329 e. The Kier molecular flexibility index (Phi) is 5.71. The molecule has 1 aliphatic heterocycles. The molecule has 0 radical (unpaired) electrons. The van der Waals surface area contributed by atoms with E-state index in [0.29, 0.717) is 11.5 Å². The van der Waals surface area contributed by atoms with Crippen LogP contribution in [-0.4, -0.2) is 41.1 Å². The van der Waals surface area contributed by atoms with Gasteiger partial charge in [-0.3, -0.25) is 9.69 Å². The second kappa shape index (κ2) is 7.55. The van der Waals surface area contributed by atoms with E-state index < -0.39 is 18.1 Å². The summed E-state index contributed by atoms with van der Waals surface area (Å²) in [6.07, 6.45) is 1.40. The SMILES string of the molecule is COC(=O)C(C(C)C)N1C(=O)[C@H](CCc2ccccc2)NC1=S. The average molecular weight is 334 g/mol. The first-order valence-electron chi connectivity index (χ1n) is 7.71. The van der Waals surface area contributed by atoms with Crippen molar-refractivity contribution in [2.45, 2.75) is 38.8 Å². The van der Waals surface area contributed by atoms with Crippen molar-refractivity contribution in [1.29, 1.82) is 0 Å². The third-order valence-electron chi connectivity index (χ3n) is 3.97. The van der Waals surface area contributed by atoms with Gasteiger partial charge >= 0.3 is 5.97 Å². The highest BCUT2D eigenvalue weighted by Crippen LogP contribution is 2.21. The van der Waals surface area contributed by atoms with Gasteiger partial charge in [-0.2, -0.15) is 0 Å². The summed E-state index contributed by atoms with van der Waals surface area (Å²) in [7, 11) is 1.32. The number of aryl methyl sites for hydroxylation is 1. The number of hydrogen-bond acceptors (Lipinski definition) is 4. The fourth-order valence-corrected chi connectivity index (χ4v) is 3.11. The van der Waals surface area contributed by atoms with E-state index in [1.54, 1.807) is 0 Å². The highest BCUT2D eigenvalue weighted by atomic mass is 32.1. The molecule has 2 atom stereocenters. The number of amides is 1. The highest BCUT2D eigenvalue weighted by molar-refractivity contribution is 7.80. The molecule has 1 N–H and O–H groups in total. The second-order valence-corrected chi connectivity index (χ2v) is 6.33. The van der Waals surface area contributed by atoms with Crippen molar-refractivity contribution in [1.82, 2.24) is 10.2 Å². The lowest BCUT2D eigenvalue weighted by Gasteiger charge is -2.27. The number of methoxy groups -OCH3 is 1. The molecule has 1 aromatic rings. The van der Waals surface area contributed by atoms with Crippen LogP contribution < -0.4 is 5.32 Å². The molecule has 1 fully saturated rings. The van der Waals surface area contributed by atoms with E-state index in [1.807, 2.05) is 44.2 Å². The topological polar surface area (TPSA) is 58.6 Å². The zero-order valence-electron chi connectivity index (χ0n) is 13.6. The summed E-state index contributed by atoms with van der Waals surface area (Å²) in [6, 6.07) is 8.89. The summed E-state index contributed by atoms with van der Waals surface area (Å²) in [5.74, 6) is -0.685. The van der Waals surface area contributed by atoms with Gasteiger partial charge in [-0.25, -0.2) is 4.79 Å². The first-order valence-corrected chi connectivity index (χ1v) is 8.11. The van der Waals surface area contributed by atoms with E-state index in [4.69, 9.17) is 17.0 Å². The largest absolute Gasteiger partial charge is 0.467 e. The van der Waals surface area contributed by atoms with Crippen molar-refractivity contribution < 1.29 is 14.3 Å². The molecule has 1 unspecified atom stereocenters. The molecule has 0 saturated carbocycles. The van der Waals surface area contributed by atoms with Gasteiger partial charge in [0, 0.05) is 0 Å². The van der Waals surface area contributed by atoms with Gasteiger partial charge in [0.1, 0.15) is 12.1 Å². The van der Waals surface area contributed by atoms with Crippen LogP contribution in [-0.2, 0) is 20.7 Å². The number of ether oxygens (including phenoxy) is 1. The first-order chi connectivity index (χ1) is 11.0. The second-order valence-electron chi connectivity index (χ2n) is 5.95. The van der Waals surface area contributed by atoms with Gasteiger partial charge in [0.2, 0.25) is 0 Å². The predicted octanol–water partition coefficient (Wildman–Crippen LogP) is 1.90.